The van der Waals surface area contributed by atoms with E-state index in [4.69, 9.17) is 9.05 Å². The molecule has 0 saturated carbocycles. The lowest BCUT2D eigenvalue weighted by molar-refractivity contribution is -0.130. The topological polar surface area (TPSA) is 85.3 Å². The average molecular weight is 326 g/mol. The van der Waals surface area contributed by atoms with Gasteiger partial charge in [-0.3, -0.25) is 9.78 Å². The molecule has 7 heteroatoms. The molecular weight excluding hydrogens is 308 g/mol. The minimum absolute atomic E-state index is 0.0382. The maximum atomic E-state index is 12.4. The molecule has 0 radical (unpaired) electrons. The Balaban J connectivity index is 1.66. The van der Waals surface area contributed by atoms with E-state index < -0.39 is 0 Å². The first-order chi connectivity index (χ1) is 11.5. The molecule has 0 bridgehead atoms. The summed E-state index contributed by atoms with van der Waals surface area (Å²) in [5.41, 5.74) is 3.15. The van der Waals surface area contributed by atoms with Crippen LogP contribution in [0.2, 0.25) is 0 Å². The van der Waals surface area contributed by atoms with Gasteiger partial charge in [0.25, 0.3) is 0 Å². The molecule has 3 heterocycles. The number of carbonyl (C=O) groups is 1. The highest BCUT2D eigenvalue weighted by atomic mass is 16.5. The van der Waals surface area contributed by atoms with Gasteiger partial charge in [0.2, 0.25) is 5.91 Å². The molecule has 3 aromatic rings. The van der Waals surface area contributed by atoms with E-state index in [-0.39, 0.29) is 12.3 Å². The van der Waals surface area contributed by atoms with Crippen molar-refractivity contribution < 1.29 is 13.8 Å². The van der Waals surface area contributed by atoms with Crippen LogP contribution in [0.1, 0.15) is 22.8 Å². The van der Waals surface area contributed by atoms with Crippen molar-refractivity contribution in [1.29, 1.82) is 0 Å². The average Bonchev–Trinajstić information content (AvgIpc) is 3.17. The lowest BCUT2D eigenvalue weighted by Gasteiger charge is -2.15. The van der Waals surface area contributed by atoms with Gasteiger partial charge in [-0.2, -0.15) is 0 Å². The second kappa shape index (κ2) is 6.66. The SMILES string of the molecule is Cc1noc(C)c1CC(=O)N(C)Cc1cc(-c2cccnc2)no1. The van der Waals surface area contributed by atoms with Crippen molar-refractivity contribution in [2.45, 2.75) is 26.8 Å². The molecule has 0 aliphatic rings. The largest absolute Gasteiger partial charge is 0.361 e. The number of carbonyl (C=O) groups excluding carboxylic acids is 1. The molecule has 3 aromatic heterocycles. The minimum Gasteiger partial charge on any atom is -0.361 e. The number of hydrogen-bond donors (Lipinski definition) is 0. The third-order valence-electron chi connectivity index (χ3n) is 3.84. The summed E-state index contributed by atoms with van der Waals surface area (Å²) in [6.07, 6.45) is 3.67. The summed E-state index contributed by atoms with van der Waals surface area (Å²) in [6, 6.07) is 5.56. The molecule has 0 unspecified atom stereocenters. The number of aryl methyl sites for hydroxylation is 2. The minimum atomic E-state index is -0.0382. The molecule has 0 spiro atoms. The zero-order valence-corrected chi connectivity index (χ0v) is 13.8. The predicted molar refractivity (Wildman–Crippen MR) is 85.9 cm³/mol. The maximum Gasteiger partial charge on any atom is 0.227 e. The lowest BCUT2D eigenvalue weighted by atomic mass is 10.1. The molecule has 0 aliphatic heterocycles. The van der Waals surface area contributed by atoms with Crippen molar-refractivity contribution in [3.05, 3.63) is 53.4 Å². The number of hydrogen-bond acceptors (Lipinski definition) is 6. The number of aromatic nitrogens is 3. The van der Waals surface area contributed by atoms with Crippen molar-refractivity contribution in [1.82, 2.24) is 20.2 Å². The Labute approximate surface area is 139 Å². The first kappa shape index (κ1) is 15.9. The van der Waals surface area contributed by atoms with Crippen LogP contribution >= 0.6 is 0 Å². The fourth-order valence-electron chi connectivity index (χ4n) is 2.40. The highest BCUT2D eigenvalue weighted by Crippen LogP contribution is 2.19. The standard InChI is InChI=1S/C17H18N4O3/c1-11-15(12(2)23-19-11)8-17(22)21(3)10-14-7-16(20-24-14)13-5-4-6-18-9-13/h4-7,9H,8,10H2,1-3H3. The van der Waals surface area contributed by atoms with Crippen LogP contribution in [0.4, 0.5) is 0 Å². The lowest BCUT2D eigenvalue weighted by Crippen LogP contribution is -2.27. The highest BCUT2D eigenvalue weighted by molar-refractivity contribution is 5.79. The van der Waals surface area contributed by atoms with Crippen molar-refractivity contribution in [2.75, 3.05) is 7.05 Å². The fraction of sp³-hybridized carbons (Fsp3) is 0.294. The summed E-state index contributed by atoms with van der Waals surface area (Å²) < 4.78 is 10.4. The molecule has 0 aromatic carbocycles. The molecule has 7 nitrogen and oxygen atoms in total. The van der Waals surface area contributed by atoms with Crippen LogP contribution < -0.4 is 0 Å². The molecule has 0 aliphatic carbocycles. The number of rotatable bonds is 5. The van der Waals surface area contributed by atoms with Crippen LogP contribution in [0, 0.1) is 13.8 Å². The van der Waals surface area contributed by atoms with Gasteiger partial charge in [0.05, 0.1) is 18.7 Å². The van der Waals surface area contributed by atoms with Gasteiger partial charge in [0.15, 0.2) is 5.76 Å². The molecule has 0 saturated heterocycles. The number of nitrogens with zero attached hydrogens (tertiary/aromatic N) is 4. The fourth-order valence-corrected chi connectivity index (χ4v) is 2.40. The van der Waals surface area contributed by atoms with E-state index in [2.05, 4.69) is 15.3 Å². The quantitative estimate of drug-likeness (QED) is 0.716. The van der Waals surface area contributed by atoms with Crippen molar-refractivity contribution in [2.24, 2.45) is 0 Å². The van der Waals surface area contributed by atoms with Gasteiger partial charge in [-0.1, -0.05) is 10.3 Å². The van der Waals surface area contributed by atoms with Crippen molar-refractivity contribution in [3.8, 4) is 11.3 Å². The van der Waals surface area contributed by atoms with Crippen molar-refractivity contribution in [3.63, 3.8) is 0 Å². The second-order valence-corrected chi connectivity index (χ2v) is 5.65. The van der Waals surface area contributed by atoms with Gasteiger partial charge >= 0.3 is 0 Å². The Bertz CT molecular complexity index is 819. The van der Waals surface area contributed by atoms with Crippen LogP contribution in [0.5, 0.6) is 0 Å². The van der Waals surface area contributed by atoms with E-state index in [0.29, 0.717) is 23.8 Å². The molecule has 24 heavy (non-hydrogen) atoms. The zero-order chi connectivity index (χ0) is 17.1. The summed E-state index contributed by atoms with van der Waals surface area (Å²) in [5, 5.41) is 7.89. The molecule has 124 valence electrons. The maximum absolute atomic E-state index is 12.4. The highest BCUT2D eigenvalue weighted by Gasteiger charge is 2.18. The Hall–Kier alpha value is -2.96. The number of likely N-dealkylation sites (N-methyl/N-ethyl adjacent to an activating group) is 1. The van der Waals surface area contributed by atoms with Crippen LogP contribution in [0.15, 0.2) is 39.6 Å². The van der Waals surface area contributed by atoms with E-state index in [1.165, 1.54) is 0 Å². The van der Waals surface area contributed by atoms with Gasteiger partial charge in [-0.25, -0.2) is 0 Å². The normalized spacial score (nSPS) is 10.8. The molecule has 0 fully saturated rings. The molecule has 0 atom stereocenters. The van der Waals surface area contributed by atoms with E-state index in [9.17, 15) is 4.79 Å². The number of pyridine rings is 1. The second-order valence-electron chi connectivity index (χ2n) is 5.65. The van der Waals surface area contributed by atoms with E-state index in [0.717, 1.165) is 16.8 Å². The Morgan fingerprint density at radius 2 is 2.08 bits per heavy atom. The smallest absolute Gasteiger partial charge is 0.227 e. The Morgan fingerprint density at radius 1 is 1.25 bits per heavy atom. The monoisotopic (exact) mass is 326 g/mol. The summed E-state index contributed by atoms with van der Waals surface area (Å²) in [6.45, 7) is 3.98. The Morgan fingerprint density at radius 3 is 2.75 bits per heavy atom. The molecular formula is C17H18N4O3. The van der Waals surface area contributed by atoms with Crippen LogP contribution in [0.3, 0.4) is 0 Å². The summed E-state index contributed by atoms with van der Waals surface area (Å²) >= 11 is 0. The van der Waals surface area contributed by atoms with Gasteiger partial charge < -0.3 is 13.9 Å². The third kappa shape index (κ3) is 3.34. The molecule has 0 N–H and O–H groups in total. The first-order valence-corrected chi connectivity index (χ1v) is 7.56. The van der Waals surface area contributed by atoms with E-state index in [1.54, 1.807) is 31.3 Å². The predicted octanol–water partition coefficient (Wildman–Crippen LogP) is 2.54. The zero-order valence-electron chi connectivity index (χ0n) is 13.8. The third-order valence-corrected chi connectivity index (χ3v) is 3.84. The van der Waals surface area contributed by atoms with Gasteiger partial charge in [0, 0.05) is 36.6 Å². The molecule has 3 rings (SSSR count). The number of amides is 1. The summed E-state index contributed by atoms with van der Waals surface area (Å²) in [5.74, 6) is 1.25. The first-order valence-electron chi connectivity index (χ1n) is 7.56. The van der Waals surface area contributed by atoms with Gasteiger partial charge in [-0.15, -0.1) is 0 Å². The van der Waals surface area contributed by atoms with Crippen LogP contribution in [-0.2, 0) is 17.8 Å². The van der Waals surface area contributed by atoms with Crippen molar-refractivity contribution >= 4 is 5.91 Å². The van der Waals surface area contributed by atoms with Gasteiger partial charge in [0.1, 0.15) is 11.5 Å². The Kier molecular flexibility index (Phi) is 4.41. The van der Waals surface area contributed by atoms with Gasteiger partial charge in [-0.05, 0) is 26.0 Å². The van der Waals surface area contributed by atoms with E-state index >= 15 is 0 Å². The summed E-state index contributed by atoms with van der Waals surface area (Å²) in [7, 11) is 1.73. The molecule has 1 amide bonds. The van der Waals surface area contributed by atoms with Crippen LogP contribution in [-0.4, -0.2) is 33.2 Å². The van der Waals surface area contributed by atoms with E-state index in [1.807, 2.05) is 25.1 Å². The van der Waals surface area contributed by atoms with Crippen LogP contribution in [0.25, 0.3) is 11.3 Å². The summed E-state index contributed by atoms with van der Waals surface area (Å²) in [4.78, 5) is 18.0.